The van der Waals surface area contributed by atoms with Crippen molar-refractivity contribution in [1.29, 1.82) is 0 Å². The number of halogens is 4. The first kappa shape index (κ1) is 25.5. The van der Waals surface area contributed by atoms with Crippen LogP contribution in [0.25, 0.3) is 6.08 Å². The molecule has 1 aliphatic heterocycles. The van der Waals surface area contributed by atoms with Crippen molar-refractivity contribution in [3.05, 3.63) is 94.6 Å². The van der Waals surface area contributed by atoms with Crippen LogP contribution < -0.4 is 15.0 Å². The van der Waals surface area contributed by atoms with Gasteiger partial charge in [0.05, 0.1) is 11.4 Å². The molecule has 0 fully saturated rings. The van der Waals surface area contributed by atoms with Gasteiger partial charge in [0, 0.05) is 10.2 Å². The first-order valence-electron chi connectivity index (χ1n) is 10.4. The third-order valence-electron chi connectivity index (χ3n) is 4.72. The fraction of sp³-hybridized carbons (Fsp3) is 0.0800. The quantitative estimate of drug-likeness (QED) is 0.342. The zero-order valence-corrected chi connectivity index (χ0v) is 20.7. The van der Waals surface area contributed by atoms with Crippen molar-refractivity contribution < 1.29 is 27.5 Å². The van der Waals surface area contributed by atoms with Crippen LogP contribution in [0.1, 0.15) is 5.56 Å². The minimum Gasteiger partial charge on any atom is -0.406 e. The maximum Gasteiger partial charge on any atom is 0.573 e. The number of thioether (sulfide) groups is 1. The van der Waals surface area contributed by atoms with E-state index in [1.165, 1.54) is 17.0 Å². The molecule has 36 heavy (non-hydrogen) atoms. The third-order valence-corrected chi connectivity index (χ3v) is 6.19. The Labute approximate surface area is 217 Å². The first-order chi connectivity index (χ1) is 17.2. The highest BCUT2D eigenvalue weighted by Crippen LogP contribution is 2.30. The van der Waals surface area contributed by atoms with Gasteiger partial charge in [0.1, 0.15) is 11.4 Å². The molecular formula is C25H17BrF3N3O3S. The summed E-state index contributed by atoms with van der Waals surface area (Å²) in [5, 5.41) is 2.94. The van der Waals surface area contributed by atoms with Gasteiger partial charge in [0.15, 0.2) is 5.17 Å². The second kappa shape index (κ2) is 11.0. The minimum absolute atomic E-state index is 0.0815. The molecular weight excluding hydrogens is 559 g/mol. The van der Waals surface area contributed by atoms with Gasteiger partial charge in [0.2, 0.25) is 5.91 Å². The molecule has 3 aromatic carbocycles. The number of nitrogens with zero attached hydrogens (tertiary/aromatic N) is 2. The van der Waals surface area contributed by atoms with Gasteiger partial charge in [-0.2, -0.15) is 0 Å². The van der Waals surface area contributed by atoms with E-state index in [2.05, 4.69) is 31.0 Å². The van der Waals surface area contributed by atoms with Crippen LogP contribution in [0.2, 0.25) is 0 Å². The van der Waals surface area contributed by atoms with Crippen LogP contribution in [0.4, 0.5) is 24.5 Å². The van der Waals surface area contributed by atoms with Crippen LogP contribution in [0.3, 0.4) is 0 Å². The Balaban J connectivity index is 1.47. The van der Waals surface area contributed by atoms with Crippen LogP contribution in [0, 0.1) is 0 Å². The van der Waals surface area contributed by atoms with E-state index in [1.54, 1.807) is 30.3 Å². The maximum atomic E-state index is 13.2. The van der Waals surface area contributed by atoms with E-state index in [0.29, 0.717) is 16.5 Å². The standard InChI is InChI=1S/C25H17BrF3N3O3S/c26-17-8-6-16(7-9-17)14-21-23(34)32(19-4-2-1-3-5-19)24(31-21)36-15-22(33)30-18-10-12-20(13-11-18)35-25(27,28)29/h1-14H,15H2,(H,30,33)/b21-14+. The predicted octanol–water partition coefficient (Wildman–Crippen LogP) is 6.46. The summed E-state index contributed by atoms with van der Waals surface area (Å²) in [6.45, 7) is 0. The lowest BCUT2D eigenvalue weighted by Gasteiger charge is -2.17. The number of alkyl halides is 3. The van der Waals surface area contributed by atoms with Crippen molar-refractivity contribution in [2.75, 3.05) is 16.0 Å². The lowest BCUT2D eigenvalue weighted by atomic mass is 10.2. The first-order valence-corrected chi connectivity index (χ1v) is 12.2. The fourth-order valence-corrected chi connectivity index (χ4v) is 4.26. The molecule has 3 aromatic rings. The summed E-state index contributed by atoms with van der Waals surface area (Å²) >= 11 is 4.44. The SMILES string of the molecule is O=C(CSC1=N/C(=C/c2ccc(Br)cc2)C(=O)N1c1ccccc1)Nc1ccc(OC(F)(F)F)cc1. The average Bonchev–Trinajstić information content (AvgIpc) is 3.15. The molecule has 0 bridgehead atoms. The molecule has 1 heterocycles. The molecule has 0 saturated heterocycles. The third kappa shape index (κ3) is 6.76. The highest BCUT2D eigenvalue weighted by molar-refractivity contribution is 9.10. The zero-order chi connectivity index (χ0) is 25.7. The fourth-order valence-electron chi connectivity index (χ4n) is 3.18. The Morgan fingerprint density at radius 2 is 1.69 bits per heavy atom. The Bertz CT molecular complexity index is 1310. The minimum atomic E-state index is -4.80. The van der Waals surface area contributed by atoms with Crippen LogP contribution in [0.5, 0.6) is 5.75 Å². The van der Waals surface area contributed by atoms with Crippen molar-refractivity contribution >= 4 is 62.1 Å². The van der Waals surface area contributed by atoms with Gasteiger partial charge in [0.25, 0.3) is 5.91 Å². The summed E-state index contributed by atoms with van der Waals surface area (Å²) in [5.74, 6) is -1.22. The van der Waals surface area contributed by atoms with Crippen molar-refractivity contribution in [1.82, 2.24) is 0 Å². The van der Waals surface area contributed by atoms with E-state index in [9.17, 15) is 22.8 Å². The van der Waals surface area contributed by atoms with E-state index in [0.717, 1.165) is 33.9 Å². The highest BCUT2D eigenvalue weighted by atomic mass is 79.9. The summed E-state index contributed by atoms with van der Waals surface area (Å²) in [5.41, 5.74) is 1.92. The molecule has 1 aliphatic rings. The van der Waals surface area contributed by atoms with Gasteiger partial charge in [-0.1, -0.05) is 58.0 Å². The normalized spacial score (nSPS) is 14.7. The lowest BCUT2D eigenvalue weighted by molar-refractivity contribution is -0.274. The van der Waals surface area contributed by atoms with Crippen LogP contribution in [-0.4, -0.2) is 29.1 Å². The molecule has 0 atom stereocenters. The zero-order valence-electron chi connectivity index (χ0n) is 18.3. The number of hydrogen-bond acceptors (Lipinski definition) is 5. The molecule has 6 nitrogen and oxygen atoms in total. The van der Waals surface area contributed by atoms with Gasteiger partial charge in [-0.3, -0.25) is 14.5 Å². The number of aliphatic imine (C=N–C) groups is 1. The number of amides is 2. The number of para-hydroxylation sites is 1. The topological polar surface area (TPSA) is 71.0 Å². The number of carbonyl (C=O) groups excluding carboxylic acids is 2. The lowest BCUT2D eigenvalue weighted by Crippen LogP contribution is -2.31. The molecule has 11 heteroatoms. The molecule has 4 rings (SSSR count). The largest absolute Gasteiger partial charge is 0.573 e. The smallest absolute Gasteiger partial charge is 0.406 e. The maximum absolute atomic E-state index is 13.2. The highest BCUT2D eigenvalue weighted by Gasteiger charge is 2.32. The molecule has 0 spiro atoms. The summed E-state index contributed by atoms with van der Waals surface area (Å²) in [6, 6.07) is 21.1. The van der Waals surface area contributed by atoms with Crippen molar-refractivity contribution in [2.45, 2.75) is 6.36 Å². The number of rotatable bonds is 6. The summed E-state index contributed by atoms with van der Waals surface area (Å²) in [4.78, 5) is 31.6. The summed E-state index contributed by atoms with van der Waals surface area (Å²) in [7, 11) is 0. The van der Waals surface area contributed by atoms with Gasteiger partial charge < -0.3 is 10.1 Å². The van der Waals surface area contributed by atoms with E-state index < -0.39 is 18.0 Å². The van der Waals surface area contributed by atoms with Crippen molar-refractivity contribution in [3.8, 4) is 5.75 Å². The predicted molar refractivity (Wildman–Crippen MR) is 138 cm³/mol. The van der Waals surface area contributed by atoms with E-state index in [-0.39, 0.29) is 17.4 Å². The Kier molecular flexibility index (Phi) is 7.80. The van der Waals surface area contributed by atoms with Crippen LogP contribution >= 0.6 is 27.7 Å². The van der Waals surface area contributed by atoms with E-state index >= 15 is 0 Å². The van der Waals surface area contributed by atoms with Gasteiger partial charge >= 0.3 is 6.36 Å². The molecule has 0 radical (unpaired) electrons. The monoisotopic (exact) mass is 575 g/mol. The molecule has 0 aromatic heterocycles. The molecule has 1 N–H and O–H groups in total. The van der Waals surface area contributed by atoms with Crippen LogP contribution in [0.15, 0.2) is 94.0 Å². The van der Waals surface area contributed by atoms with Gasteiger partial charge in [-0.25, -0.2) is 4.99 Å². The second-order valence-corrected chi connectivity index (χ2v) is 9.22. The van der Waals surface area contributed by atoms with Crippen LogP contribution in [-0.2, 0) is 9.59 Å². The number of anilines is 2. The number of amidine groups is 1. The molecule has 2 amide bonds. The number of nitrogens with one attached hydrogen (secondary N) is 1. The Morgan fingerprint density at radius 1 is 1.03 bits per heavy atom. The van der Waals surface area contributed by atoms with E-state index in [1.807, 2.05) is 30.3 Å². The Hall–Kier alpha value is -3.57. The number of carbonyl (C=O) groups is 2. The summed E-state index contributed by atoms with van der Waals surface area (Å²) < 4.78 is 41.6. The van der Waals surface area contributed by atoms with Gasteiger partial charge in [-0.05, 0) is 60.2 Å². The van der Waals surface area contributed by atoms with Crippen molar-refractivity contribution in [3.63, 3.8) is 0 Å². The molecule has 0 unspecified atom stereocenters. The van der Waals surface area contributed by atoms with Gasteiger partial charge in [-0.15, -0.1) is 13.2 Å². The number of ether oxygens (including phenoxy) is 1. The average molecular weight is 576 g/mol. The molecule has 0 saturated carbocycles. The summed E-state index contributed by atoms with van der Waals surface area (Å²) in [6.07, 6.45) is -3.13. The number of hydrogen-bond donors (Lipinski definition) is 1. The molecule has 184 valence electrons. The van der Waals surface area contributed by atoms with E-state index in [4.69, 9.17) is 0 Å². The number of benzene rings is 3. The molecule has 0 aliphatic carbocycles. The van der Waals surface area contributed by atoms with Crippen molar-refractivity contribution in [2.24, 2.45) is 4.99 Å². The Morgan fingerprint density at radius 3 is 2.33 bits per heavy atom. The second-order valence-electron chi connectivity index (χ2n) is 7.36.